The third-order valence-electron chi connectivity index (χ3n) is 2.67. The Kier molecular flexibility index (Phi) is 4.15. The molecule has 0 saturated carbocycles. The average molecular weight is 328 g/mol. The van der Waals surface area contributed by atoms with Crippen LogP contribution in [0.1, 0.15) is 5.56 Å². The summed E-state index contributed by atoms with van der Waals surface area (Å²) in [5.74, 6) is -0.336. The topological polar surface area (TPSA) is 86.5 Å². The molecule has 0 bridgehead atoms. The van der Waals surface area contributed by atoms with Crippen LogP contribution in [0.4, 0.5) is 5.69 Å². The van der Waals surface area contributed by atoms with Crippen molar-refractivity contribution >= 4 is 27.4 Å². The summed E-state index contributed by atoms with van der Waals surface area (Å²) in [4.78, 5) is 10.1. The molecule has 0 fully saturated rings. The number of benzene rings is 2. The van der Waals surface area contributed by atoms with Gasteiger partial charge in [-0.3, -0.25) is 10.1 Å². The van der Waals surface area contributed by atoms with E-state index < -0.39 is 20.7 Å². The Labute approximate surface area is 126 Å². The summed E-state index contributed by atoms with van der Waals surface area (Å²) in [7, 11) is -4.18. The maximum atomic E-state index is 12.2. The van der Waals surface area contributed by atoms with Crippen LogP contribution in [0.3, 0.4) is 0 Å². The van der Waals surface area contributed by atoms with E-state index in [0.29, 0.717) is 10.6 Å². The fourth-order valence-electron chi connectivity index (χ4n) is 1.73. The zero-order chi connectivity index (χ0) is 15.6. The van der Waals surface area contributed by atoms with Crippen molar-refractivity contribution in [3.63, 3.8) is 0 Å². The molecule has 0 aliphatic heterocycles. The van der Waals surface area contributed by atoms with Crippen LogP contribution in [-0.4, -0.2) is 13.3 Å². The first-order chi connectivity index (χ1) is 9.81. The van der Waals surface area contributed by atoms with E-state index >= 15 is 0 Å². The van der Waals surface area contributed by atoms with Gasteiger partial charge in [-0.15, -0.1) is 0 Å². The Balaban J connectivity index is 2.45. The van der Waals surface area contributed by atoms with Gasteiger partial charge in [-0.2, -0.15) is 8.42 Å². The van der Waals surface area contributed by atoms with Crippen molar-refractivity contribution < 1.29 is 17.5 Å². The lowest BCUT2D eigenvalue weighted by molar-refractivity contribution is -0.385. The van der Waals surface area contributed by atoms with Crippen molar-refractivity contribution in [2.24, 2.45) is 0 Å². The Morgan fingerprint density at radius 1 is 1.19 bits per heavy atom. The number of halogens is 1. The van der Waals surface area contributed by atoms with E-state index in [1.54, 1.807) is 6.92 Å². The van der Waals surface area contributed by atoms with Crippen LogP contribution in [0.25, 0.3) is 0 Å². The third-order valence-corrected chi connectivity index (χ3v) is 4.30. The molecule has 0 heterocycles. The molecule has 110 valence electrons. The summed E-state index contributed by atoms with van der Waals surface area (Å²) in [6.45, 7) is 1.56. The Bertz CT molecular complexity index is 804. The Hall–Kier alpha value is -2.12. The molecule has 21 heavy (non-hydrogen) atoms. The average Bonchev–Trinajstić information content (AvgIpc) is 2.37. The van der Waals surface area contributed by atoms with Crippen molar-refractivity contribution in [3.05, 3.63) is 63.2 Å². The van der Waals surface area contributed by atoms with Gasteiger partial charge in [0, 0.05) is 11.1 Å². The SMILES string of the molecule is Cc1cc(Cl)ccc1S(=O)(=O)Oc1ccccc1[N+](=O)[O-]. The maximum absolute atomic E-state index is 12.2. The second kappa shape index (κ2) is 5.71. The normalized spacial score (nSPS) is 11.1. The monoisotopic (exact) mass is 327 g/mol. The minimum absolute atomic E-state index is 0.0925. The van der Waals surface area contributed by atoms with Gasteiger partial charge < -0.3 is 4.18 Å². The fourth-order valence-corrected chi connectivity index (χ4v) is 3.12. The number of rotatable bonds is 4. The van der Waals surface area contributed by atoms with Gasteiger partial charge in [-0.1, -0.05) is 23.7 Å². The van der Waals surface area contributed by atoms with Crippen molar-refractivity contribution in [1.82, 2.24) is 0 Å². The molecule has 0 N–H and O–H groups in total. The van der Waals surface area contributed by atoms with E-state index in [1.807, 2.05) is 0 Å². The molecule has 8 heteroatoms. The van der Waals surface area contributed by atoms with Crippen LogP contribution >= 0.6 is 11.6 Å². The molecule has 0 aliphatic rings. The van der Waals surface area contributed by atoms with E-state index in [1.165, 1.54) is 42.5 Å². The van der Waals surface area contributed by atoms with Crippen molar-refractivity contribution in [2.75, 3.05) is 0 Å². The molecule has 6 nitrogen and oxygen atoms in total. The first kappa shape index (κ1) is 15.3. The molecule has 0 aliphatic carbocycles. The van der Waals surface area contributed by atoms with Crippen molar-refractivity contribution in [1.29, 1.82) is 0 Å². The van der Waals surface area contributed by atoms with Gasteiger partial charge in [0.05, 0.1) is 4.92 Å². The number of para-hydroxylation sites is 2. The smallest absolute Gasteiger partial charge is 0.339 e. The number of nitro benzene ring substituents is 1. The first-order valence-corrected chi connectivity index (χ1v) is 7.54. The van der Waals surface area contributed by atoms with Gasteiger partial charge in [0.15, 0.2) is 0 Å². The molecule has 2 aromatic carbocycles. The second-order valence-electron chi connectivity index (χ2n) is 4.17. The highest BCUT2D eigenvalue weighted by atomic mass is 35.5. The third kappa shape index (κ3) is 3.32. The molecule has 2 rings (SSSR count). The quantitative estimate of drug-likeness (QED) is 0.488. The zero-order valence-corrected chi connectivity index (χ0v) is 12.4. The Morgan fingerprint density at radius 3 is 2.48 bits per heavy atom. The highest BCUT2D eigenvalue weighted by Gasteiger charge is 2.24. The van der Waals surface area contributed by atoms with E-state index in [2.05, 4.69) is 0 Å². The highest BCUT2D eigenvalue weighted by molar-refractivity contribution is 7.87. The minimum Gasteiger partial charge on any atom is -0.372 e. The van der Waals surface area contributed by atoms with Gasteiger partial charge >= 0.3 is 15.8 Å². The van der Waals surface area contributed by atoms with Gasteiger partial charge in [-0.05, 0) is 36.8 Å². The lowest BCUT2D eigenvalue weighted by Gasteiger charge is -2.09. The molecule has 0 radical (unpaired) electrons. The van der Waals surface area contributed by atoms with Crippen molar-refractivity contribution in [3.8, 4) is 5.75 Å². The number of hydrogen-bond donors (Lipinski definition) is 0. The van der Waals surface area contributed by atoms with Gasteiger partial charge in [0.2, 0.25) is 5.75 Å². The van der Waals surface area contributed by atoms with Gasteiger partial charge in [-0.25, -0.2) is 0 Å². The highest BCUT2D eigenvalue weighted by Crippen LogP contribution is 2.30. The molecule has 0 saturated heterocycles. The van der Waals surface area contributed by atoms with E-state index in [0.717, 1.165) is 0 Å². The second-order valence-corrected chi connectivity index (χ2v) is 6.12. The molecular weight excluding hydrogens is 318 g/mol. The predicted molar refractivity (Wildman–Crippen MR) is 77.1 cm³/mol. The van der Waals surface area contributed by atoms with Crippen LogP contribution < -0.4 is 4.18 Å². The van der Waals surface area contributed by atoms with Crippen LogP contribution in [-0.2, 0) is 10.1 Å². The molecule has 0 aromatic heterocycles. The zero-order valence-electron chi connectivity index (χ0n) is 10.8. The molecular formula is C13H10ClNO5S. The van der Waals surface area contributed by atoms with Gasteiger partial charge in [0.1, 0.15) is 4.90 Å². The molecule has 0 amide bonds. The molecule has 2 aromatic rings. The van der Waals surface area contributed by atoms with E-state index in [4.69, 9.17) is 15.8 Å². The largest absolute Gasteiger partial charge is 0.372 e. The van der Waals surface area contributed by atoms with E-state index in [-0.39, 0.29) is 10.6 Å². The lowest BCUT2D eigenvalue weighted by Crippen LogP contribution is -2.12. The summed E-state index contributed by atoms with van der Waals surface area (Å²) in [5, 5.41) is 11.3. The van der Waals surface area contributed by atoms with Gasteiger partial charge in [0.25, 0.3) is 0 Å². The molecule has 0 spiro atoms. The number of nitrogens with zero attached hydrogens (tertiary/aromatic N) is 1. The van der Waals surface area contributed by atoms with E-state index in [9.17, 15) is 18.5 Å². The number of aryl methyl sites for hydroxylation is 1. The summed E-state index contributed by atoms with van der Waals surface area (Å²) < 4.78 is 29.3. The van der Waals surface area contributed by atoms with Crippen molar-refractivity contribution in [2.45, 2.75) is 11.8 Å². The minimum atomic E-state index is -4.18. The summed E-state index contributed by atoms with van der Waals surface area (Å²) in [6.07, 6.45) is 0. The summed E-state index contributed by atoms with van der Waals surface area (Å²) in [6, 6.07) is 9.43. The maximum Gasteiger partial charge on any atom is 0.339 e. The fraction of sp³-hybridized carbons (Fsp3) is 0.0769. The standard InChI is InChI=1S/C13H10ClNO5S/c1-9-8-10(14)6-7-13(9)21(18,19)20-12-5-3-2-4-11(12)15(16)17/h2-8H,1H3. The predicted octanol–water partition coefficient (Wildman–Crippen LogP) is 3.32. The van der Waals surface area contributed by atoms with Crippen LogP contribution in [0.5, 0.6) is 5.75 Å². The number of nitro groups is 1. The van der Waals surface area contributed by atoms with Crippen LogP contribution in [0.15, 0.2) is 47.4 Å². The first-order valence-electron chi connectivity index (χ1n) is 5.75. The molecule has 0 unspecified atom stereocenters. The molecule has 0 atom stereocenters. The van der Waals surface area contributed by atoms with Crippen LogP contribution in [0, 0.1) is 17.0 Å². The van der Waals surface area contributed by atoms with Crippen LogP contribution in [0.2, 0.25) is 5.02 Å². The lowest BCUT2D eigenvalue weighted by atomic mass is 10.2. The summed E-state index contributed by atoms with van der Waals surface area (Å²) in [5.41, 5.74) is -0.0335. The Morgan fingerprint density at radius 2 is 1.86 bits per heavy atom. The number of hydrogen-bond acceptors (Lipinski definition) is 5. The summed E-state index contributed by atoms with van der Waals surface area (Å²) >= 11 is 5.77.